The summed E-state index contributed by atoms with van der Waals surface area (Å²) in [5, 5.41) is 8.84. The molecular weight excluding hydrogens is 216 g/mol. The molecule has 2 fully saturated rings. The third kappa shape index (κ3) is 2.80. The van der Waals surface area contributed by atoms with E-state index in [1.54, 1.807) is 0 Å². The second kappa shape index (κ2) is 5.36. The maximum atomic E-state index is 10.7. The van der Waals surface area contributed by atoms with Crippen LogP contribution in [-0.4, -0.2) is 58.6 Å². The number of carboxylic acid groups (broad SMARTS) is 1. The molecule has 2 heterocycles. The average Bonchev–Trinajstić information content (AvgIpc) is 2.80. The van der Waals surface area contributed by atoms with Crippen LogP contribution in [0.2, 0.25) is 0 Å². The molecule has 2 rings (SSSR count). The minimum atomic E-state index is -0.683. The molecule has 2 saturated heterocycles. The molecule has 0 amide bonds. The van der Waals surface area contributed by atoms with Gasteiger partial charge in [-0.05, 0) is 39.7 Å². The summed E-state index contributed by atoms with van der Waals surface area (Å²) in [4.78, 5) is 15.7. The molecule has 2 atom stereocenters. The molecule has 2 aliphatic rings. The molecule has 0 aliphatic carbocycles. The molecule has 98 valence electrons. The molecular formula is C13H24N2O2. The van der Waals surface area contributed by atoms with Gasteiger partial charge in [-0.1, -0.05) is 0 Å². The maximum Gasteiger partial charge on any atom is 0.304 e. The first kappa shape index (κ1) is 12.8. The van der Waals surface area contributed by atoms with Gasteiger partial charge >= 0.3 is 5.97 Å². The summed E-state index contributed by atoms with van der Waals surface area (Å²) in [5.41, 5.74) is 0. The number of carboxylic acids is 1. The van der Waals surface area contributed by atoms with E-state index in [0.29, 0.717) is 24.7 Å². The van der Waals surface area contributed by atoms with Gasteiger partial charge in [-0.25, -0.2) is 0 Å². The molecule has 4 nitrogen and oxygen atoms in total. The van der Waals surface area contributed by atoms with Gasteiger partial charge in [0, 0.05) is 31.2 Å². The van der Waals surface area contributed by atoms with Crippen molar-refractivity contribution in [3.8, 4) is 0 Å². The molecule has 0 radical (unpaired) electrons. The normalized spacial score (nSPS) is 29.2. The van der Waals surface area contributed by atoms with E-state index in [4.69, 9.17) is 5.11 Å². The van der Waals surface area contributed by atoms with Gasteiger partial charge in [0.2, 0.25) is 0 Å². The first-order valence-corrected chi connectivity index (χ1v) is 6.81. The summed E-state index contributed by atoms with van der Waals surface area (Å²) in [5.74, 6) is -0.683. The molecule has 0 spiro atoms. The Morgan fingerprint density at radius 3 is 2.82 bits per heavy atom. The van der Waals surface area contributed by atoms with E-state index in [0.717, 1.165) is 0 Å². The highest BCUT2D eigenvalue weighted by atomic mass is 16.4. The Hall–Kier alpha value is -0.610. The third-order valence-corrected chi connectivity index (χ3v) is 4.24. The maximum absolute atomic E-state index is 10.7. The zero-order chi connectivity index (χ0) is 12.4. The lowest BCUT2D eigenvalue weighted by Crippen LogP contribution is -2.47. The fourth-order valence-corrected chi connectivity index (χ4v) is 3.47. The first-order chi connectivity index (χ1) is 8.09. The Balaban J connectivity index is 1.98. The SMILES string of the molecule is CC(C)N(CCC(=O)O)C1CCN2CCCC12. The number of carbonyl (C=O) groups is 1. The summed E-state index contributed by atoms with van der Waals surface area (Å²) < 4.78 is 0. The highest BCUT2D eigenvalue weighted by Gasteiger charge is 2.40. The molecule has 0 aromatic carbocycles. The largest absolute Gasteiger partial charge is 0.481 e. The van der Waals surface area contributed by atoms with Gasteiger partial charge in [-0.2, -0.15) is 0 Å². The molecule has 17 heavy (non-hydrogen) atoms. The van der Waals surface area contributed by atoms with Gasteiger partial charge in [0.15, 0.2) is 0 Å². The second-order valence-corrected chi connectivity index (χ2v) is 5.58. The van der Waals surface area contributed by atoms with Crippen LogP contribution in [0.3, 0.4) is 0 Å². The minimum Gasteiger partial charge on any atom is -0.481 e. The standard InChI is InChI=1S/C13H24N2O2/c1-10(2)15(9-6-13(16)17)12-5-8-14-7-3-4-11(12)14/h10-12H,3-9H2,1-2H3,(H,16,17). The van der Waals surface area contributed by atoms with Crippen LogP contribution < -0.4 is 0 Å². The van der Waals surface area contributed by atoms with E-state index in [9.17, 15) is 4.79 Å². The third-order valence-electron chi connectivity index (χ3n) is 4.24. The van der Waals surface area contributed by atoms with Gasteiger partial charge < -0.3 is 5.11 Å². The summed E-state index contributed by atoms with van der Waals surface area (Å²) in [7, 11) is 0. The van der Waals surface area contributed by atoms with Gasteiger partial charge in [-0.3, -0.25) is 14.6 Å². The Bertz CT molecular complexity index is 281. The van der Waals surface area contributed by atoms with Crippen LogP contribution in [0.1, 0.15) is 39.5 Å². The summed E-state index contributed by atoms with van der Waals surface area (Å²) >= 11 is 0. The van der Waals surface area contributed by atoms with E-state index in [-0.39, 0.29) is 6.42 Å². The van der Waals surface area contributed by atoms with Crippen molar-refractivity contribution in [1.82, 2.24) is 9.80 Å². The lowest BCUT2D eigenvalue weighted by atomic mass is 10.0. The highest BCUT2D eigenvalue weighted by Crippen LogP contribution is 2.32. The lowest BCUT2D eigenvalue weighted by Gasteiger charge is -2.35. The monoisotopic (exact) mass is 240 g/mol. The fraction of sp³-hybridized carbons (Fsp3) is 0.923. The molecule has 0 bridgehead atoms. The molecule has 2 unspecified atom stereocenters. The van der Waals surface area contributed by atoms with Gasteiger partial charge in [0.05, 0.1) is 6.42 Å². The number of rotatable bonds is 5. The van der Waals surface area contributed by atoms with E-state index in [2.05, 4.69) is 23.6 Å². The van der Waals surface area contributed by atoms with E-state index >= 15 is 0 Å². The summed E-state index contributed by atoms with van der Waals surface area (Å²) in [6.45, 7) is 7.50. The average molecular weight is 240 g/mol. The van der Waals surface area contributed by atoms with Gasteiger partial charge in [-0.15, -0.1) is 0 Å². The van der Waals surface area contributed by atoms with Crippen molar-refractivity contribution in [1.29, 1.82) is 0 Å². The molecule has 0 saturated carbocycles. The topological polar surface area (TPSA) is 43.8 Å². The Morgan fingerprint density at radius 1 is 1.41 bits per heavy atom. The zero-order valence-corrected chi connectivity index (χ0v) is 10.9. The molecule has 1 N–H and O–H groups in total. The summed E-state index contributed by atoms with van der Waals surface area (Å²) in [6.07, 6.45) is 4.08. The Labute approximate surface area is 104 Å². The molecule has 0 aromatic heterocycles. The van der Waals surface area contributed by atoms with E-state index < -0.39 is 5.97 Å². The van der Waals surface area contributed by atoms with Gasteiger partial charge in [0.1, 0.15) is 0 Å². The van der Waals surface area contributed by atoms with Crippen LogP contribution in [0.15, 0.2) is 0 Å². The van der Waals surface area contributed by atoms with Crippen molar-refractivity contribution in [3.05, 3.63) is 0 Å². The highest BCUT2D eigenvalue weighted by molar-refractivity contribution is 5.66. The van der Waals surface area contributed by atoms with Crippen LogP contribution in [0.25, 0.3) is 0 Å². The lowest BCUT2D eigenvalue weighted by molar-refractivity contribution is -0.137. The number of hydrogen-bond acceptors (Lipinski definition) is 3. The van der Waals surface area contributed by atoms with Crippen LogP contribution in [0, 0.1) is 0 Å². The van der Waals surface area contributed by atoms with Crippen molar-refractivity contribution < 1.29 is 9.90 Å². The van der Waals surface area contributed by atoms with Crippen molar-refractivity contribution in [3.63, 3.8) is 0 Å². The van der Waals surface area contributed by atoms with Crippen LogP contribution in [-0.2, 0) is 4.79 Å². The van der Waals surface area contributed by atoms with Gasteiger partial charge in [0.25, 0.3) is 0 Å². The number of aliphatic carboxylic acids is 1. The molecule has 4 heteroatoms. The first-order valence-electron chi connectivity index (χ1n) is 6.81. The van der Waals surface area contributed by atoms with Crippen molar-refractivity contribution in [2.45, 2.75) is 57.7 Å². The predicted molar refractivity (Wildman–Crippen MR) is 67.1 cm³/mol. The predicted octanol–water partition coefficient (Wildman–Crippen LogP) is 1.41. The van der Waals surface area contributed by atoms with Crippen LogP contribution in [0.5, 0.6) is 0 Å². The van der Waals surface area contributed by atoms with Crippen LogP contribution in [0.4, 0.5) is 0 Å². The van der Waals surface area contributed by atoms with E-state index in [1.165, 1.54) is 32.4 Å². The van der Waals surface area contributed by atoms with Crippen molar-refractivity contribution >= 4 is 5.97 Å². The number of nitrogens with zero attached hydrogens (tertiary/aromatic N) is 2. The number of hydrogen-bond donors (Lipinski definition) is 1. The summed E-state index contributed by atoms with van der Waals surface area (Å²) in [6, 6.07) is 1.71. The van der Waals surface area contributed by atoms with Crippen molar-refractivity contribution in [2.75, 3.05) is 19.6 Å². The zero-order valence-electron chi connectivity index (χ0n) is 10.9. The minimum absolute atomic E-state index is 0.265. The molecule has 2 aliphatic heterocycles. The Morgan fingerprint density at radius 2 is 2.18 bits per heavy atom. The van der Waals surface area contributed by atoms with Crippen LogP contribution >= 0.6 is 0 Å². The smallest absolute Gasteiger partial charge is 0.304 e. The molecule has 0 aromatic rings. The second-order valence-electron chi connectivity index (χ2n) is 5.58. The van der Waals surface area contributed by atoms with Crippen molar-refractivity contribution in [2.24, 2.45) is 0 Å². The Kier molecular flexibility index (Phi) is 4.05. The van der Waals surface area contributed by atoms with E-state index in [1.807, 2.05) is 0 Å². The quantitative estimate of drug-likeness (QED) is 0.789. The number of fused-ring (bicyclic) bond motifs is 1. The fourth-order valence-electron chi connectivity index (χ4n) is 3.47.